The molecule has 0 aliphatic carbocycles. The van der Waals surface area contributed by atoms with Gasteiger partial charge in [-0.05, 0) is 102 Å². The molecule has 3 aromatic rings. The molecule has 2 unspecified atom stereocenters. The summed E-state index contributed by atoms with van der Waals surface area (Å²) in [5.74, 6) is 2.06. The van der Waals surface area contributed by atoms with Gasteiger partial charge in [-0.2, -0.15) is 15.0 Å². The summed E-state index contributed by atoms with van der Waals surface area (Å²) in [4.78, 5) is 49.6. The van der Waals surface area contributed by atoms with Crippen molar-refractivity contribution in [3.8, 4) is 11.4 Å². The van der Waals surface area contributed by atoms with Gasteiger partial charge in [0.2, 0.25) is 11.9 Å². The third kappa shape index (κ3) is 6.95. The van der Waals surface area contributed by atoms with E-state index < -0.39 is 0 Å². The van der Waals surface area contributed by atoms with Crippen LogP contribution in [-0.4, -0.2) is 106 Å². The fourth-order valence-corrected chi connectivity index (χ4v) is 7.42. The van der Waals surface area contributed by atoms with Crippen molar-refractivity contribution in [3.05, 3.63) is 54.1 Å². The first-order valence-corrected chi connectivity index (χ1v) is 17.5. The second-order valence-corrected chi connectivity index (χ2v) is 14.0. The number of morpholine rings is 1. The van der Waals surface area contributed by atoms with E-state index in [4.69, 9.17) is 19.7 Å². The van der Waals surface area contributed by atoms with Crippen LogP contribution in [0, 0.1) is 0 Å². The van der Waals surface area contributed by atoms with Gasteiger partial charge in [0, 0.05) is 79.9 Å². The van der Waals surface area contributed by atoms with Gasteiger partial charge >= 0.3 is 6.03 Å². The number of anilines is 4. The molecule has 0 radical (unpaired) electrons. The van der Waals surface area contributed by atoms with Crippen LogP contribution >= 0.6 is 0 Å². The number of nitrogens with one attached hydrogen (secondary N) is 2. The van der Waals surface area contributed by atoms with E-state index in [1.807, 2.05) is 29.2 Å². The highest BCUT2D eigenvalue weighted by atomic mass is 16.5. The van der Waals surface area contributed by atoms with Gasteiger partial charge in [-0.3, -0.25) is 9.69 Å². The molecule has 4 atom stereocenters. The Balaban J connectivity index is 1.00. The minimum atomic E-state index is -0.365. The Kier molecular flexibility index (Phi) is 9.19. The Bertz CT molecular complexity index is 1590. The molecule has 3 amide bonds. The van der Waals surface area contributed by atoms with Gasteiger partial charge < -0.3 is 30.1 Å². The van der Waals surface area contributed by atoms with E-state index in [1.54, 1.807) is 24.3 Å². The molecule has 2 aromatic carbocycles. The first-order valence-electron chi connectivity index (χ1n) is 17.5. The van der Waals surface area contributed by atoms with Gasteiger partial charge in [0.25, 0.3) is 5.91 Å². The van der Waals surface area contributed by atoms with E-state index >= 15 is 0 Å². The minimum Gasteiger partial charge on any atom is -0.371 e. The van der Waals surface area contributed by atoms with Gasteiger partial charge in [0.05, 0.1) is 12.2 Å². The van der Waals surface area contributed by atoms with E-state index in [9.17, 15) is 9.59 Å². The quantitative estimate of drug-likeness (QED) is 0.359. The molecule has 12 heteroatoms. The number of amides is 3. The van der Waals surface area contributed by atoms with Crippen LogP contribution in [0.2, 0.25) is 0 Å². The highest BCUT2D eigenvalue weighted by molar-refractivity contribution is 6.00. The van der Waals surface area contributed by atoms with Gasteiger partial charge in [0.1, 0.15) is 0 Å². The lowest BCUT2D eigenvalue weighted by Crippen LogP contribution is -2.50. The molecule has 5 heterocycles. The summed E-state index contributed by atoms with van der Waals surface area (Å²) in [6.45, 7) is 13.6. The van der Waals surface area contributed by atoms with E-state index in [0.29, 0.717) is 52.8 Å². The predicted octanol–water partition coefficient (Wildman–Crippen LogP) is 5.09. The van der Waals surface area contributed by atoms with Crippen molar-refractivity contribution in [3.63, 3.8) is 0 Å². The molecule has 12 nitrogen and oxygen atoms in total. The molecule has 4 fully saturated rings. The minimum absolute atomic E-state index is 0.0217. The number of ether oxygens (including phenoxy) is 1. The highest BCUT2D eigenvalue weighted by Gasteiger charge is 2.36. The lowest BCUT2D eigenvalue weighted by atomic mass is 10.1. The third-order valence-corrected chi connectivity index (χ3v) is 10.2. The maximum atomic E-state index is 13.0. The number of hydrogen-bond donors (Lipinski definition) is 2. The highest BCUT2D eigenvalue weighted by Crippen LogP contribution is 2.33. The van der Waals surface area contributed by atoms with Crippen molar-refractivity contribution in [2.45, 2.75) is 83.7 Å². The van der Waals surface area contributed by atoms with Crippen LogP contribution in [0.25, 0.3) is 11.4 Å². The average molecular weight is 654 g/mol. The number of hydrogen-bond acceptors (Lipinski definition) is 9. The third-order valence-electron chi connectivity index (χ3n) is 10.2. The van der Waals surface area contributed by atoms with Crippen molar-refractivity contribution >= 4 is 35.2 Å². The number of benzene rings is 2. The normalized spacial score (nSPS) is 24.3. The molecule has 0 spiro atoms. The second kappa shape index (κ2) is 13.7. The first kappa shape index (κ1) is 32.3. The fraction of sp³-hybridized carbons (Fsp3) is 0.528. The Labute approximate surface area is 282 Å². The van der Waals surface area contributed by atoms with Crippen LogP contribution in [0.5, 0.6) is 0 Å². The summed E-state index contributed by atoms with van der Waals surface area (Å²) in [6, 6.07) is 15.5. The van der Waals surface area contributed by atoms with Crippen molar-refractivity contribution in [1.29, 1.82) is 0 Å². The SMILES string of the molecule is CC(C)N1CCN(C(=O)c2ccc(NC(=O)Nc3ccc(-c4nc(N5CC6CCC(C5)O6)nc(N5[C@H](C)CC[C@@H]5C)n4)cc3)cc2)CC1. The van der Waals surface area contributed by atoms with Crippen LogP contribution in [0.3, 0.4) is 0 Å². The summed E-state index contributed by atoms with van der Waals surface area (Å²) < 4.78 is 6.08. The number of piperazine rings is 1. The average Bonchev–Trinajstić information content (AvgIpc) is 3.62. The molecule has 254 valence electrons. The summed E-state index contributed by atoms with van der Waals surface area (Å²) in [6.07, 6.45) is 4.83. The van der Waals surface area contributed by atoms with Crippen LogP contribution in [0.4, 0.5) is 28.1 Å². The molecule has 48 heavy (non-hydrogen) atoms. The number of carbonyl (C=O) groups is 2. The molecule has 7 rings (SSSR count). The summed E-state index contributed by atoms with van der Waals surface area (Å²) in [5, 5.41) is 5.77. The van der Waals surface area contributed by atoms with Crippen molar-refractivity contribution in [2.75, 3.05) is 59.7 Å². The molecular formula is C36H47N9O3. The summed E-state index contributed by atoms with van der Waals surface area (Å²) in [5.41, 5.74) is 2.73. The number of fused-ring (bicyclic) bond motifs is 2. The molecule has 2 N–H and O–H groups in total. The smallest absolute Gasteiger partial charge is 0.323 e. The van der Waals surface area contributed by atoms with E-state index in [0.717, 1.165) is 70.5 Å². The summed E-state index contributed by atoms with van der Waals surface area (Å²) in [7, 11) is 0. The van der Waals surface area contributed by atoms with Crippen LogP contribution in [0.1, 0.15) is 63.7 Å². The van der Waals surface area contributed by atoms with Gasteiger partial charge in [0.15, 0.2) is 5.82 Å². The molecule has 0 saturated carbocycles. The maximum Gasteiger partial charge on any atom is 0.323 e. The number of carbonyl (C=O) groups excluding carboxylic acids is 2. The Morgan fingerprint density at radius 3 is 1.90 bits per heavy atom. The Morgan fingerprint density at radius 2 is 1.31 bits per heavy atom. The lowest BCUT2D eigenvalue weighted by molar-refractivity contribution is 0.0299. The van der Waals surface area contributed by atoms with E-state index in [2.05, 4.69) is 53.0 Å². The van der Waals surface area contributed by atoms with Gasteiger partial charge in [-0.25, -0.2) is 4.79 Å². The van der Waals surface area contributed by atoms with Gasteiger partial charge in [-0.1, -0.05) is 0 Å². The standard InChI is InChI=1S/C36H47N9O3/c1-23(2)42-17-19-43(20-18-42)33(46)27-9-13-29(14-10-27)38-36(47)37-28-11-7-26(8-12-28)32-39-34(44-21-30-15-16-31(22-44)48-30)41-35(40-32)45-24(3)5-6-25(45)4/h7-14,23-25,30-31H,5-6,15-22H2,1-4H3,(H2,37,38,47)/t24-,25+,30?,31?. The lowest BCUT2D eigenvalue weighted by Gasteiger charge is -2.37. The molecule has 4 aliphatic rings. The van der Waals surface area contributed by atoms with Gasteiger partial charge in [-0.15, -0.1) is 0 Å². The maximum absolute atomic E-state index is 13.0. The van der Waals surface area contributed by atoms with E-state index in [1.165, 1.54) is 0 Å². The molecular weight excluding hydrogens is 606 g/mol. The summed E-state index contributed by atoms with van der Waals surface area (Å²) >= 11 is 0. The molecule has 2 bridgehead atoms. The second-order valence-electron chi connectivity index (χ2n) is 14.0. The largest absolute Gasteiger partial charge is 0.371 e. The Morgan fingerprint density at radius 1 is 0.750 bits per heavy atom. The number of urea groups is 1. The van der Waals surface area contributed by atoms with Crippen LogP contribution in [-0.2, 0) is 4.74 Å². The molecule has 4 aliphatic heterocycles. The molecule has 1 aromatic heterocycles. The van der Waals surface area contributed by atoms with Crippen molar-refractivity contribution in [2.24, 2.45) is 0 Å². The predicted molar refractivity (Wildman–Crippen MR) is 188 cm³/mol. The zero-order valence-corrected chi connectivity index (χ0v) is 28.4. The first-order chi connectivity index (χ1) is 23.2. The zero-order chi connectivity index (χ0) is 33.4. The monoisotopic (exact) mass is 653 g/mol. The topological polar surface area (TPSA) is 119 Å². The molecule has 4 saturated heterocycles. The van der Waals surface area contributed by atoms with Crippen LogP contribution in [0.15, 0.2) is 48.5 Å². The number of nitrogens with zero attached hydrogens (tertiary/aromatic N) is 7. The number of aromatic nitrogens is 3. The van der Waals surface area contributed by atoms with E-state index in [-0.39, 0.29) is 24.1 Å². The van der Waals surface area contributed by atoms with Crippen molar-refractivity contribution < 1.29 is 14.3 Å². The number of rotatable bonds is 7. The fourth-order valence-electron chi connectivity index (χ4n) is 7.42. The van der Waals surface area contributed by atoms with Crippen LogP contribution < -0.4 is 20.4 Å². The Hall–Kier alpha value is -4.29. The van der Waals surface area contributed by atoms with Crippen molar-refractivity contribution in [1.82, 2.24) is 24.8 Å². The zero-order valence-electron chi connectivity index (χ0n) is 28.4.